The van der Waals surface area contributed by atoms with Crippen LogP contribution < -0.4 is 4.72 Å². The van der Waals surface area contributed by atoms with Crippen molar-refractivity contribution in [3.8, 4) is 0 Å². The molecule has 112 valence electrons. The van der Waals surface area contributed by atoms with Crippen molar-refractivity contribution in [2.75, 3.05) is 10.5 Å². The van der Waals surface area contributed by atoms with Crippen LogP contribution >= 0.6 is 11.6 Å². The van der Waals surface area contributed by atoms with Crippen molar-refractivity contribution in [2.45, 2.75) is 6.92 Å². The quantitative estimate of drug-likeness (QED) is 0.676. The number of hydrogen-bond acceptors (Lipinski definition) is 6. The summed E-state index contributed by atoms with van der Waals surface area (Å²) in [6.45, 7) is 1.41. The molecule has 2 aromatic rings. The van der Waals surface area contributed by atoms with Crippen molar-refractivity contribution < 1.29 is 17.7 Å². The third-order valence-corrected chi connectivity index (χ3v) is 4.05. The Balaban J connectivity index is 2.61. The number of hydrogen-bond donors (Lipinski definition) is 1. The topological polar surface area (TPSA) is 115 Å². The number of rotatable bonds is 4. The molecule has 0 radical (unpaired) electrons. The third-order valence-electron chi connectivity index (χ3n) is 2.52. The lowest BCUT2D eigenvalue weighted by atomic mass is 10.2. The molecule has 0 unspecified atom stereocenters. The van der Waals surface area contributed by atoms with Gasteiger partial charge >= 0.3 is 5.69 Å². The number of nitrogens with zero attached hydrogens (tertiary/aromatic N) is 3. The summed E-state index contributed by atoms with van der Waals surface area (Å²) >= 11 is 5.77. The molecule has 0 aliphatic rings. The molecule has 0 fully saturated rings. The van der Waals surface area contributed by atoms with Crippen molar-refractivity contribution in [1.29, 1.82) is 0 Å². The number of nitro groups is 1. The molecule has 1 N–H and O–H groups in total. The van der Waals surface area contributed by atoms with E-state index in [2.05, 4.69) is 14.7 Å². The Kier molecular flexibility index (Phi) is 3.92. The Labute approximate surface area is 123 Å². The number of sulfonamides is 1. The highest BCUT2D eigenvalue weighted by atomic mass is 35.5. The monoisotopic (exact) mass is 334 g/mol. The van der Waals surface area contributed by atoms with E-state index in [0.29, 0.717) is 0 Å². The number of nitro benzene ring substituents is 1. The minimum absolute atomic E-state index is 0.0208. The maximum absolute atomic E-state index is 13.5. The van der Waals surface area contributed by atoms with Crippen molar-refractivity contribution in [3.05, 3.63) is 33.2 Å². The lowest BCUT2D eigenvalue weighted by molar-refractivity contribution is -0.387. The van der Waals surface area contributed by atoms with E-state index in [1.54, 1.807) is 0 Å². The minimum Gasteiger partial charge on any atom is -0.265 e. The van der Waals surface area contributed by atoms with Gasteiger partial charge in [0.25, 0.3) is 0 Å². The lowest BCUT2D eigenvalue weighted by Crippen LogP contribution is -2.16. The fourth-order valence-corrected chi connectivity index (χ4v) is 2.29. The van der Waals surface area contributed by atoms with E-state index in [1.807, 2.05) is 0 Å². The molecular weight excluding hydrogens is 327 g/mol. The molecule has 11 heteroatoms. The predicted molar refractivity (Wildman–Crippen MR) is 74.2 cm³/mol. The molecule has 1 aromatic carbocycles. The number of fused-ring (bicyclic) bond motifs is 1. The molecule has 1 heterocycles. The Hall–Kier alpha value is -2.07. The number of aromatic nitrogens is 2. The highest BCUT2D eigenvalue weighted by Gasteiger charge is 2.19. The molecule has 2 rings (SSSR count). The van der Waals surface area contributed by atoms with E-state index in [1.165, 1.54) is 6.92 Å². The van der Waals surface area contributed by atoms with Crippen molar-refractivity contribution in [3.63, 3.8) is 0 Å². The molecule has 0 amide bonds. The van der Waals surface area contributed by atoms with E-state index in [4.69, 9.17) is 11.6 Å². The first kappa shape index (κ1) is 15.3. The number of halogens is 2. The molecule has 1 aromatic heterocycles. The number of nitrogens with one attached hydrogen (secondary N) is 1. The Morgan fingerprint density at radius 1 is 1.38 bits per heavy atom. The van der Waals surface area contributed by atoms with Crippen LogP contribution in [0.1, 0.15) is 6.92 Å². The summed E-state index contributed by atoms with van der Waals surface area (Å²) < 4.78 is 38.6. The molecule has 0 bridgehead atoms. The molecule has 0 spiro atoms. The molecule has 0 atom stereocenters. The second kappa shape index (κ2) is 5.37. The normalized spacial score (nSPS) is 11.6. The molecule has 8 nitrogen and oxygen atoms in total. The molecule has 0 aliphatic carbocycles. The third kappa shape index (κ3) is 3.16. The minimum atomic E-state index is -3.63. The maximum atomic E-state index is 13.5. The van der Waals surface area contributed by atoms with E-state index in [-0.39, 0.29) is 27.8 Å². The molecular formula is C10H8ClFN4O4S. The first-order valence-corrected chi connectivity index (χ1v) is 7.58. The highest BCUT2D eigenvalue weighted by molar-refractivity contribution is 7.92. The van der Waals surface area contributed by atoms with Crippen LogP contribution in [0.15, 0.2) is 12.1 Å². The van der Waals surface area contributed by atoms with E-state index < -0.39 is 26.5 Å². The van der Waals surface area contributed by atoms with Crippen LogP contribution in [0, 0.1) is 15.9 Å². The average molecular weight is 335 g/mol. The van der Waals surface area contributed by atoms with Crippen LogP contribution in [0.4, 0.5) is 15.9 Å². The summed E-state index contributed by atoms with van der Waals surface area (Å²) in [4.78, 5) is 17.3. The fraction of sp³-hybridized carbons (Fsp3) is 0.200. The first-order valence-electron chi connectivity index (χ1n) is 5.55. The van der Waals surface area contributed by atoms with E-state index in [9.17, 15) is 22.9 Å². The Bertz CT molecular complexity index is 843. The van der Waals surface area contributed by atoms with Gasteiger partial charge in [0, 0.05) is 12.1 Å². The summed E-state index contributed by atoms with van der Waals surface area (Å²) in [6.07, 6.45) is 0. The molecule has 0 saturated heterocycles. The largest absolute Gasteiger partial charge is 0.307 e. The van der Waals surface area contributed by atoms with E-state index >= 15 is 0 Å². The van der Waals surface area contributed by atoms with Crippen LogP contribution in [-0.4, -0.2) is 29.1 Å². The van der Waals surface area contributed by atoms with Gasteiger partial charge in [-0.1, -0.05) is 11.6 Å². The summed E-state index contributed by atoms with van der Waals surface area (Å²) in [5, 5.41) is 10.3. The lowest BCUT2D eigenvalue weighted by Gasteiger charge is -2.07. The van der Waals surface area contributed by atoms with Crippen LogP contribution in [0.5, 0.6) is 0 Å². The second-order valence-corrected chi connectivity index (χ2v) is 6.29. The van der Waals surface area contributed by atoms with Crippen LogP contribution in [0.2, 0.25) is 5.15 Å². The van der Waals surface area contributed by atoms with Gasteiger partial charge < -0.3 is 0 Å². The van der Waals surface area contributed by atoms with Gasteiger partial charge in [-0.3, -0.25) is 14.8 Å². The zero-order valence-corrected chi connectivity index (χ0v) is 12.1. The van der Waals surface area contributed by atoms with E-state index in [0.717, 1.165) is 12.1 Å². The number of benzene rings is 1. The van der Waals surface area contributed by atoms with Gasteiger partial charge in [0.1, 0.15) is 0 Å². The summed E-state index contributed by atoms with van der Waals surface area (Å²) in [5.74, 6) is -1.58. The SMILES string of the molecule is CCS(=O)(=O)Nc1nc2cc(F)c([N+](=O)[O-])cc2nc1Cl. The fourth-order valence-electron chi connectivity index (χ4n) is 1.47. The van der Waals surface area contributed by atoms with Crippen LogP contribution in [-0.2, 0) is 10.0 Å². The van der Waals surface area contributed by atoms with Gasteiger partial charge in [-0.25, -0.2) is 18.4 Å². The van der Waals surface area contributed by atoms with Gasteiger partial charge in [0.15, 0.2) is 11.0 Å². The first-order chi connectivity index (χ1) is 9.73. The molecule has 0 aliphatic heterocycles. The van der Waals surface area contributed by atoms with Gasteiger partial charge in [0.05, 0.1) is 21.7 Å². The van der Waals surface area contributed by atoms with Gasteiger partial charge in [0.2, 0.25) is 15.8 Å². The predicted octanol–water partition coefficient (Wildman–Crippen LogP) is 2.09. The zero-order valence-electron chi connectivity index (χ0n) is 10.5. The van der Waals surface area contributed by atoms with Crippen molar-refractivity contribution in [1.82, 2.24) is 9.97 Å². The van der Waals surface area contributed by atoms with Crippen molar-refractivity contribution >= 4 is 44.2 Å². The van der Waals surface area contributed by atoms with Gasteiger partial charge in [-0.2, -0.15) is 4.39 Å². The van der Waals surface area contributed by atoms with Gasteiger partial charge in [-0.05, 0) is 6.92 Å². The highest BCUT2D eigenvalue weighted by Crippen LogP contribution is 2.27. The second-order valence-electron chi connectivity index (χ2n) is 3.92. The van der Waals surface area contributed by atoms with Gasteiger partial charge in [-0.15, -0.1) is 0 Å². The zero-order chi connectivity index (χ0) is 15.8. The van der Waals surface area contributed by atoms with Crippen LogP contribution in [0.25, 0.3) is 11.0 Å². The summed E-state index contributed by atoms with van der Waals surface area (Å²) in [5.41, 5.74) is -0.849. The van der Waals surface area contributed by atoms with Crippen molar-refractivity contribution in [2.24, 2.45) is 0 Å². The molecule has 21 heavy (non-hydrogen) atoms. The van der Waals surface area contributed by atoms with Crippen LogP contribution in [0.3, 0.4) is 0 Å². The molecule has 0 saturated carbocycles. The Morgan fingerprint density at radius 3 is 2.57 bits per heavy atom. The average Bonchev–Trinajstić information content (AvgIpc) is 2.39. The Morgan fingerprint density at radius 2 is 2.00 bits per heavy atom. The summed E-state index contributed by atoms with van der Waals surface area (Å²) in [6, 6.07) is 1.67. The number of anilines is 1. The maximum Gasteiger partial charge on any atom is 0.307 e. The standard InChI is InChI=1S/C10H8ClFN4O4S/c1-2-21(19,20)15-10-9(11)13-7-4-8(16(17)18)5(12)3-6(7)14-10/h3-4H,2H2,1H3,(H,14,15). The summed E-state index contributed by atoms with van der Waals surface area (Å²) in [7, 11) is -3.63. The smallest absolute Gasteiger partial charge is 0.265 e.